The topological polar surface area (TPSA) is 44.7 Å². The Labute approximate surface area is 168 Å². The van der Waals surface area contributed by atoms with E-state index in [0.29, 0.717) is 23.6 Å². The number of hydrogen-bond acceptors (Lipinski definition) is 3. The maximum absolute atomic E-state index is 14.4. The van der Waals surface area contributed by atoms with Gasteiger partial charge in [-0.15, -0.1) is 0 Å². The van der Waals surface area contributed by atoms with E-state index in [9.17, 15) is 9.18 Å². The maximum atomic E-state index is 14.4. The number of rotatable bonds is 9. The molecule has 0 bridgehead atoms. The first kappa shape index (κ1) is 20.8. The normalized spacial score (nSPS) is 21.0. The Morgan fingerprint density at radius 3 is 2.68 bits per heavy atom. The molecule has 28 heavy (non-hydrogen) atoms. The van der Waals surface area contributed by atoms with Crippen molar-refractivity contribution < 1.29 is 9.18 Å². The number of amides is 1. The SMILES string of the molecule is CCCCCN1N=C(C(=O)NC(CC)C2CCCC2)CC1c1ccccc1F. The number of carbonyl (C=O) groups is 1. The molecule has 0 saturated heterocycles. The van der Waals surface area contributed by atoms with E-state index in [-0.39, 0.29) is 23.8 Å². The third kappa shape index (κ3) is 4.92. The summed E-state index contributed by atoms with van der Waals surface area (Å²) in [6, 6.07) is 6.90. The molecule has 1 aliphatic heterocycles. The van der Waals surface area contributed by atoms with Gasteiger partial charge in [-0.3, -0.25) is 9.80 Å². The molecule has 1 heterocycles. The summed E-state index contributed by atoms with van der Waals surface area (Å²) in [7, 11) is 0. The van der Waals surface area contributed by atoms with Gasteiger partial charge < -0.3 is 5.32 Å². The van der Waals surface area contributed by atoms with E-state index in [1.807, 2.05) is 17.1 Å². The quantitative estimate of drug-likeness (QED) is 0.592. The van der Waals surface area contributed by atoms with Crippen molar-refractivity contribution in [1.82, 2.24) is 10.3 Å². The van der Waals surface area contributed by atoms with Crippen molar-refractivity contribution >= 4 is 11.6 Å². The van der Waals surface area contributed by atoms with Crippen LogP contribution in [0.2, 0.25) is 0 Å². The molecule has 2 aliphatic rings. The molecule has 1 fully saturated rings. The van der Waals surface area contributed by atoms with Gasteiger partial charge in [0.1, 0.15) is 11.5 Å². The fourth-order valence-electron chi connectivity index (χ4n) is 4.60. The molecule has 4 nitrogen and oxygen atoms in total. The van der Waals surface area contributed by atoms with Crippen molar-refractivity contribution in [1.29, 1.82) is 0 Å². The van der Waals surface area contributed by atoms with Gasteiger partial charge in [0.05, 0.1) is 6.04 Å². The second-order valence-electron chi connectivity index (χ2n) is 8.19. The summed E-state index contributed by atoms with van der Waals surface area (Å²) in [6.07, 6.45) is 9.57. The summed E-state index contributed by atoms with van der Waals surface area (Å²) < 4.78 is 14.4. The third-order valence-corrected chi connectivity index (χ3v) is 6.24. The van der Waals surface area contributed by atoms with E-state index < -0.39 is 0 Å². The number of benzene rings is 1. The predicted octanol–water partition coefficient (Wildman–Crippen LogP) is 5.20. The van der Waals surface area contributed by atoms with Gasteiger partial charge in [0, 0.05) is 24.6 Å². The molecule has 1 amide bonds. The second-order valence-corrected chi connectivity index (χ2v) is 8.19. The first-order valence-electron chi connectivity index (χ1n) is 11.0. The molecule has 1 aromatic carbocycles. The number of nitrogens with zero attached hydrogens (tertiary/aromatic N) is 2. The van der Waals surface area contributed by atoms with Crippen molar-refractivity contribution in [2.75, 3.05) is 6.54 Å². The highest BCUT2D eigenvalue weighted by Crippen LogP contribution is 2.33. The number of hydrogen-bond donors (Lipinski definition) is 1. The molecule has 2 atom stereocenters. The van der Waals surface area contributed by atoms with Gasteiger partial charge in [-0.1, -0.05) is 57.7 Å². The summed E-state index contributed by atoms with van der Waals surface area (Å²) in [4.78, 5) is 12.9. The van der Waals surface area contributed by atoms with E-state index >= 15 is 0 Å². The summed E-state index contributed by atoms with van der Waals surface area (Å²) in [5.41, 5.74) is 1.18. The number of carbonyl (C=O) groups excluding carboxylic acids is 1. The molecule has 3 rings (SSSR count). The van der Waals surface area contributed by atoms with Crippen LogP contribution in [0, 0.1) is 11.7 Å². The van der Waals surface area contributed by atoms with Gasteiger partial charge in [-0.2, -0.15) is 5.10 Å². The Kier molecular flexibility index (Phi) is 7.46. The predicted molar refractivity (Wildman–Crippen MR) is 112 cm³/mol. The molecule has 0 aromatic heterocycles. The Hall–Kier alpha value is -1.91. The van der Waals surface area contributed by atoms with Crippen LogP contribution in [0.4, 0.5) is 4.39 Å². The molecular formula is C23H34FN3O. The molecule has 5 heteroatoms. The zero-order valence-corrected chi connectivity index (χ0v) is 17.3. The van der Waals surface area contributed by atoms with Crippen molar-refractivity contribution in [3.63, 3.8) is 0 Å². The minimum atomic E-state index is -0.220. The van der Waals surface area contributed by atoms with E-state index in [0.717, 1.165) is 32.2 Å². The van der Waals surface area contributed by atoms with Crippen LogP contribution in [0.15, 0.2) is 29.4 Å². The molecular weight excluding hydrogens is 353 g/mol. The zero-order chi connectivity index (χ0) is 19.9. The highest BCUT2D eigenvalue weighted by molar-refractivity contribution is 6.39. The highest BCUT2D eigenvalue weighted by atomic mass is 19.1. The number of unbranched alkanes of at least 4 members (excludes halogenated alkanes) is 2. The van der Waals surface area contributed by atoms with Crippen LogP contribution in [0.25, 0.3) is 0 Å². The first-order chi connectivity index (χ1) is 13.6. The molecule has 1 aliphatic carbocycles. The Morgan fingerprint density at radius 1 is 1.25 bits per heavy atom. The molecule has 2 unspecified atom stereocenters. The van der Waals surface area contributed by atoms with Crippen LogP contribution in [0.5, 0.6) is 0 Å². The lowest BCUT2D eigenvalue weighted by Gasteiger charge is -2.24. The molecule has 154 valence electrons. The minimum absolute atomic E-state index is 0.0712. The number of nitrogens with one attached hydrogen (secondary N) is 1. The van der Waals surface area contributed by atoms with Gasteiger partial charge in [0.15, 0.2) is 0 Å². The summed E-state index contributed by atoms with van der Waals surface area (Å²) >= 11 is 0. The monoisotopic (exact) mass is 387 g/mol. The van der Waals surface area contributed by atoms with Crippen molar-refractivity contribution in [2.24, 2.45) is 11.0 Å². The fourth-order valence-corrected chi connectivity index (χ4v) is 4.60. The first-order valence-corrected chi connectivity index (χ1v) is 11.0. The van der Waals surface area contributed by atoms with E-state index in [4.69, 9.17) is 0 Å². The third-order valence-electron chi connectivity index (χ3n) is 6.24. The van der Waals surface area contributed by atoms with E-state index in [2.05, 4.69) is 24.3 Å². The van der Waals surface area contributed by atoms with Gasteiger partial charge >= 0.3 is 0 Å². The van der Waals surface area contributed by atoms with Crippen LogP contribution in [0.3, 0.4) is 0 Å². The van der Waals surface area contributed by atoms with E-state index in [1.165, 1.54) is 31.7 Å². The lowest BCUT2D eigenvalue weighted by atomic mass is 9.95. The van der Waals surface area contributed by atoms with Gasteiger partial charge in [-0.05, 0) is 37.7 Å². The summed E-state index contributed by atoms with van der Waals surface area (Å²) in [6.45, 7) is 5.05. The maximum Gasteiger partial charge on any atom is 0.267 e. The lowest BCUT2D eigenvalue weighted by molar-refractivity contribution is -0.115. The van der Waals surface area contributed by atoms with Crippen LogP contribution < -0.4 is 5.32 Å². The minimum Gasteiger partial charge on any atom is -0.348 e. The van der Waals surface area contributed by atoms with Gasteiger partial charge in [0.2, 0.25) is 0 Å². The largest absolute Gasteiger partial charge is 0.348 e. The van der Waals surface area contributed by atoms with E-state index in [1.54, 1.807) is 6.07 Å². The van der Waals surface area contributed by atoms with Gasteiger partial charge in [0.25, 0.3) is 5.91 Å². The van der Waals surface area contributed by atoms with Crippen LogP contribution >= 0.6 is 0 Å². The van der Waals surface area contributed by atoms with Crippen molar-refractivity contribution in [3.05, 3.63) is 35.6 Å². The number of hydrazone groups is 1. The van der Waals surface area contributed by atoms with Crippen molar-refractivity contribution in [2.45, 2.75) is 83.7 Å². The number of halogens is 1. The average Bonchev–Trinajstić information content (AvgIpc) is 3.37. The van der Waals surface area contributed by atoms with Crippen LogP contribution in [0.1, 0.15) is 83.2 Å². The van der Waals surface area contributed by atoms with Crippen molar-refractivity contribution in [3.8, 4) is 0 Å². The Balaban J connectivity index is 1.71. The summed E-state index contributed by atoms with van der Waals surface area (Å²) in [5, 5.41) is 9.81. The lowest BCUT2D eigenvalue weighted by Crippen LogP contribution is -2.42. The van der Waals surface area contributed by atoms with Crippen LogP contribution in [-0.2, 0) is 4.79 Å². The molecule has 0 spiro atoms. The Bertz CT molecular complexity index is 684. The molecule has 1 N–H and O–H groups in total. The second kappa shape index (κ2) is 10.0. The average molecular weight is 388 g/mol. The standard InChI is InChI=1S/C23H34FN3O/c1-3-5-10-15-27-22(18-13-8-9-14-19(18)24)16-21(26-27)23(28)25-20(4-2)17-11-6-7-12-17/h8-9,13-14,17,20,22H,3-7,10-12,15-16H2,1-2H3,(H,25,28). The van der Waals surface area contributed by atoms with Crippen LogP contribution in [-0.4, -0.2) is 29.2 Å². The molecule has 1 saturated carbocycles. The smallest absolute Gasteiger partial charge is 0.267 e. The zero-order valence-electron chi connectivity index (χ0n) is 17.3. The molecule has 0 radical (unpaired) electrons. The highest BCUT2D eigenvalue weighted by Gasteiger charge is 2.34. The summed E-state index contributed by atoms with van der Waals surface area (Å²) in [5.74, 6) is 0.291. The Morgan fingerprint density at radius 2 is 2.00 bits per heavy atom. The molecule has 1 aromatic rings. The fraction of sp³-hybridized carbons (Fsp3) is 0.652. The van der Waals surface area contributed by atoms with Gasteiger partial charge in [-0.25, -0.2) is 4.39 Å².